The molecule has 0 aliphatic carbocycles. The predicted octanol–water partition coefficient (Wildman–Crippen LogP) is 5.33. The molecule has 2 aromatic heterocycles. The molecule has 174 valence electrons. The van der Waals surface area contributed by atoms with E-state index < -0.39 is 0 Å². The molecule has 0 radical (unpaired) electrons. The summed E-state index contributed by atoms with van der Waals surface area (Å²) in [6.07, 6.45) is 7.75. The van der Waals surface area contributed by atoms with Gasteiger partial charge in [-0.3, -0.25) is 9.48 Å². The van der Waals surface area contributed by atoms with Gasteiger partial charge in [0.15, 0.2) is 11.6 Å². The Kier molecular flexibility index (Phi) is 8.01. The number of rotatable bonds is 10. The number of aromatic nitrogens is 3. The van der Waals surface area contributed by atoms with E-state index in [1.807, 2.05) is 59.4 Å². The molecule has 0 unspecified atom stereocenters. The Labute approximate surface area is 204 Å². The summed E-state index contributed by atoms with van der Waals surface area (Å²) < 4.78 is 7.55. The van der Waals surface area contributed by atoms with Crippen LogP contribution >= 0.6 is 0 Å². The molecule has 0 aliphatic rings. The molecule has 1 amide bonds. The molecule has 7 heteroatoms. The van der Waals surface area contributed by atoms with E-state index in [0.29, 0.717) is 37.6 Å². The van der Waals surface area contributed by atoms with E-state index in [4.69, 9.17) is 15.1 Å². The number of anilines is 1. The second-order valence-electron chi connectivity index (χ2n) is 7.77. The van der Waals surface area contributed by atoms with Crippen LogP contribution < -0.4 is 10.1 Å². The highest BCUT2D eigenvalue weighted by Crippen LogP contribution is 2.24. The molecule has 4 rings (SSSR count). The zero-order valence-electron chi connectivity index (χ0n) is 19.2. The van der Waals surface area contributed by atoms with Gasteiger partial charge in [0.2, 0.25) is 5.91 Å². The van der Waals surface area contributed by atoms with Crippen molar-refractivity contribution in [2.24, 2.45) is 0 Å². The highest BCUT2D eigenvalue weighted by molar-refractivity contribution is 6.02. The summed E-state index contributed by atoms with van der Waals surface area (Å²) in [5.41, 5.74) is 3.73. The van der Waals surface area contributed by atoms with Gasteiger partial charge in [0, 0.05) is 36.0 Å². The molecule has 0 bridgehead atoms. The summed E-state index contributed by atoms with van der Waals surface area (Å²) in [6.45, 7) is 1.00. The number of unbranched alkanes of at least 4 members (excludes halogenated alkanes) is 1. The third-order valence-corrected chi connectivity index (χ3v) is 5.14. The van der Waals surface area contributed by atoms with Crippen LogP contribution in [0.2, 0.25) is 0 Å². The van der Waals surface area contributed by atoms with E-state index in [0.717, 1.165) is 22.4 Å². The molecule has 2 aromatic carbocycles. The first-order valence-electron chi connectivity index (χ1n) is 11.3. The fraction of sp³-hybridized carbons (Fsp3) is 0.143. The highest BCUT2D eigenvalue weighted by Gasteiger charge is 2.11. The maximum Gasteiger partial charge on any atom is 0.249 e. The van der Waals surface area contributed by atoms with Crippen molar-refractivity contribution in [3.63, 3.8) is 0 Å². The van der Waals surface area contributed by atoms with E-state index in [9.17, 15) is 4.79 Å². The largest absolute Gasteiger partial charge is 0.490 e. The van der Waals surface area contributed by atoms with Crippen LogP contribution in [-0.4, -0.2) is 27.3 Å². The lowest BCUT2D eigenvalue weighted by molar-refractivity contribution is -0.111. The molecular formula is C28H25N5O2. The second-order valence-corrected chi connectivity index (χ2v) is 7.77. The lowest BCUT2D eigenvalue weighted by Gasteiger charge is -2.09. The van der Waals surface area contributed by atoms with Crippen molar-refractivity contribution in [2.45, 2.75) is 19.4 Å². The van der Waals surface area contributed by atoms with Crippen LogP contribution in [0, 0.1) is 11.3 Å². The maximum absolute atomic E-state index is 12.7. The number of pyridine rings is 1. The van der Waals surface area contributed by atoms with Crippen molar-refractivity contribution in [1.29, 1.82) is 5.26 Å². The Morgan fingerprint density at radius 3 is 2.60 bits per heavy atom. The van der Waals surface area contributed by atoms with Crippen molar-refractivity contribution in [3.05, 3.63) is 102 Å². The Hall–Kier alpha value is -4.70. The van der Waals surface area contributed by atoms with Gasteiger partial charge < -0.3 is 10.1 Å². The van der Waals surface area contributed by atoms with Gasteiger partial charge in [0.05, 0.1) is 24.9 Å². The normalized spacial score (nSPS) is 10.7. The van der Waals surface area contributed by atoms with E-state index in [2.05, 4.69) is 28.5 Å². The molecule has 0 saturated heterocycles. The number of nitriles is 1. The number of benzene rings is 2. The summed E-state index contributed by atoms with van der Waals surface area (Å²) in [5, 5.41) is 16.2. The molecule has 0 saturated carbocycles. The summed E-state index contributed by atoms with van der Waals surface area (Å²) in [6, 6.07) is 25.5. The van der Waals surface area contributed by atoms with Gasteiger partial charge in [-0.2, -0.15) is 10.4 Å². The highest BCUT2D eigenvalue weighted by atomic mass is 16.5. The average molecular weight is 464 g/mol. The van der Waals surface area contributed by atoms with E-state index >= 15 is 0 Å². The van der Waals surface area contributed by atoms with Crippen LogP contribution in [0.4, 0.5) is 5.82 Å². The van der Waals surface area contributed by atoms with E-state index in [1.165, 1.54) is 6.08 Å². The van der Waals surface area contributed by atoms with Crippen molar-refractivity contribution >= 4 is 17.8 Å². The zero-order chi connectivity index (χ0) is 24.3. The maximum atomic E-state index is 12.7. The fourth-order valence-corrected chi connectivity index (χ4v) is 3.49. The fourth-order valence-electron chi connectivity index (χ4n) is 3.49. The van der Waals surface area contributed by atoms with Gasteiger partial charge in [-0.15, -0.1) is 0 Å². The van der Waals surface area contributed by atoms with Crippen molar-refractivity contribution < 1.29 is 9.53 Å². The predicted molar refractivity (Wildman–Crippen MR) is 135 cm³/mol. The van der Waals surface area contributed by atoms with Crippen molar-refractivity contribution in [1.82, 2.24) is 14.8 Å². The second kappa shape index (κ2) is 12.0. The minimum absolute atomic E-state index is 0.333. The van der Waals surface area contributed by atoms with Gasteiger partial charge in [-0.05, 0) is 30.2 Å². The number of amides is 1. The van der Waals surface area contributed by atoms with Crippen LogP contribution in [0.5, 0.6) is 5.75 Å². The number of nitrogens with one attached hydrogen (secondary N) is 1. The summed E-state index contributed by atoms with van der Waals surface area (Å²) in [5.74, 6) is 0.468. The number of ether oxygens (including phenoxy) is 1. The third-order valence-electron chi connectivity index (χ3n) is 5.14. The number of carbonyl (C=O) groups is 1. The van der Waals surface area contributed by atoms with Crippen LogP contribution in [0.15, 0.2) is 91.3 Å². The van der Waals surface area contributed by atoms with Gasteiger partial charge in [-0.1, -0.05) is 60.7 Å². The Balaban J connectivity index is 1.51. The molecule has 1 N–H and O–H groups in total. The first-order valence-corrected chi connectivity index (χ1v) is 11.3. The van der Waals surface area contributed by atoms with Crippen LogP contribution in [-0.2, 0) is 11.3 Å². The molecule has 2 heterocycles. The summed E-state index contributed by atoms with van der Waals surface area (Å²) in [4.78, 5) is 16.9. The van der Waals surface area contributed by atoms with Crippen LogP contribution in [0.1, 0.15) is 24.0 Å². The Morgan fingerprint density at radius 2 is 1.83 bits per heavy atom. The zero-order valence-corrected chi connectivity index (χ0v) is 19.2. The first kappa shape index (κ1) is 23.5. The minimum Gasteiger partial charge on any atom is -0.490 e. The lowest BCUT2D eigenvalue weighted by Crippen LogP contribution is -2.11. The minimum atomic E-state index is -0.333. The first-order chi connectivity index (χ1) is 17.2. The van der Waals surface area contributed by atoms with Crippen molar-refractivity contribution in [3.8, 4) is 23.1 Å². The van der Waals surface area contributed by atoms with Crippen LogP contribution in [0.3, 0.4) is 0 Å². The number of hydrogen-bond acceptors (Lipinski definition) is 5. The molecule has 0 spiro atoms. The molecule has 0 aliphatic heterocycles. The van der Waals surface area contributed by atoms with Gasteiger partial charge in [0.25, 0.3) is 0 Å². The smallest absolute Gasteiger partial charge is 0.249 e. The lowest BCUT2D eigenvalue weighted by atomic mass is 10.1. The van der Waals surface area contributed by atoms with Gasteiger partial charge in [0.1, 0.15) is 0 Å². The molecule has 4 aromatic rings. The molecule has 7 nitrogen and oxygen atoms in total. The third kappa shape index (κ3) is 6.65. The topological polar surface area (TPSA) is 92.8 Å². The quantitative estimate of drug-likeness (QED) is 0.254. The summed E-state index contributed by atoms with van der Waals surface area (Å²) in [7, 11) is 0. The molecule has 35 heavy (non-hydrogen) atoms. The van der Waals surface area contributed by atoms with E-state index in [1.54, 1.807) is 24.4 Å². The summed E-state index contributed by atoms with van der Waals surface area (Å²) >= 11 is 0. The molecule has 0 atom stereocenters. The van der Waals surface area contributed by atoms with Crippen molar-refractivity contribution in [2.75, 3.05) is 11.9 Å². The molecular weight excluding hydrogens is 438 g/mol. The number of carbonyl (C=O) groups excluding carboxylic acids is 1. The monoisotopic (exact) mass is 463 g/mol. The Bertz CT molecular complexity index is 1320. The van der Waals surface area contributed by atoms with Crippen LogP contribution in [0.25, 0.3) is 17.3 Å². The number of nitrogens with zero attached hydrogens (tertiary/aromatic N) is 4. The van der Waals surface area contributed by atoms with Gasteiger partial charge >= 0.3 is 0 Å². The van der Waals surface area contributed by atoms with E-state index in [-0.39, 0.29) is 5.91 Å². The average Bonchev–Trinajstić information content (AvgIpc) is 3.30. The Morgan fingerprint density at radius 1 is 1.06 bits per heavy atom. The number of hydrogen-bond donors (Lipinski definition) is 1. The standard InChI is InChI=1S/C28H25N5O2/c29-17-7-8-19-35-25-14-9-18-30-28(25)31-26(34)16-15-24-21-33(20-22-10-3-1-4-11-22)32-27(24)23-12-5-2-6-13-23/h1-6,9-16,18,21H,7-8,19-20H2,(H,30,31,34)/b16-15+. The molecule has 0 fully saturated rings. The SMILES string of the molecule is N#CCCCOc1cccnc1NC(=O)/C=C/c1cn(Cc2ccccc2)nc1-c1ccccc1. The van der Waals surface area contributed by atoms with Gasteiger partial charge in [-0.25, -0.2) is 4.98 Å².